The molecule has 0 heterocycles. The van der Waals surface area contributed by atoms with Gasteiger partial charge in [-0.15, -0.1) is 0 Å². The summed E-state index contributed by atoms with van der Waals surface area (Å²) in [7, 11) is 1.50. The molecule has 7 nitrogen and oxygen atoms in total. The molecule has 0 aliphatic heterocycles. The molecule has 0 aromatic heterocycles. The van der Waals surface area contributed by atoms with E-state index < -0.39 is 0 Å². The second-order valence-corrected chi connectivity index (χ2v) is 8.28. The Morgan fingerprint density at radius 1 is 0.971 bits per heavy atom. The molecule has 1 aliphatic rings. The van der Waals surface area contributed by atoms with Gasteiger partial charge < -0.3 is 24.8 Å². The highest BCUT2D eigenvalue weighted by Gasteiger charge is 2.22. The molecule has 0 radical (unpaired) electrons. The van der Waals surface area contributed by atoms with Crippen LogP contribution in [0, 0.1) is 0 Å². The van der Waals surface area contributed by atoms with Gasteiger partial charge in [-0.2, -0.15) is 0 Å². The highest BCUT2D eigenvalue weighted by Crippen LogP contribution is 2.31. The molecule has 0 unspecified atom stereocenters. The summed E-state index contributed by atoms with van der Waals surface area (Å²) in [5.41, 5.74) is 3.58. The summed E-state index contributed by atoms with van der Waals surface area (Å²) in [6.45, 7) is 2.29. The fourth-order valence-electron chi connectivity index (χ4n) is 4.22. The molecule has 2 amide bonds. The Morgan fingerprint density at radius 2 is 1.77 bits per heavy atom. The summed E-state index contributed by atoms with van der Waals surface area (Å²) in [4.78, 5) is 25.3. The van der Waals surface area contributed by atoms with Gasteiger partial charge in [-0.3, -0.25) is 9.59 Å². The molecule has 4 rings (SSSR count). The number of hydrogen-bond donors (Lipinski definition) is 2. The fraction of sp³-hybridized carbons (Fsp3) is 0.286. The van der Waals surface area contributed by atoms with Gasteiger partial charge in [0.25, 0.3) is 11.8 Å². The van der Waals surface area contributed by atoms with E-state index in [-0.39, 0.29) is 24.5 Å². The average molecular weight is 475 g/mol. The fourth-order valence-corrected chi connectivity index (χ4v) is 4.22. The predicted octanol–water partition coefficient (Wildman–Crippen LogP) is 4.92. The number of benzene rings is 3. The van der Waals surface area contributed by atoms with Crippen LogP contribution in [-0.2, 0) is 11.2 Å². The third-order valence-electron chi connectivity index (χ3n) is 5.91. The lowest BCUT2D eigenvalue weighted by molar-refractivity contribution is -0.118. The molecule has 0 spiro atoms. The zero-order valence-electron chi connectivity index (χ0n) is 20.0. The van der Waals surface area contributed by atoms with Crippen LogP contribution in [0.3, 0.4) is 0 Å². The summed E-state index contributed by atoms with van der Waals surface area (Å²) < 4.78 is 16.5. The normalized spacial score (nSPS) is 14.4. The van der Waals surface area contributed by atoms with Crippen molar-refractivity contribution in [2.45, 2.75) is 32.2 Å². The Morgan fingerprint density at radius 3 is 2.54 bits per heavy atom. The van der Waals surface area contributed by atoms with E-state index >= 15 is 0 Å². The number of anilines is 1. The van der Waals surface area contributed by atoms with Crippen LogP contribution in [0.25, 0.3) is 0 Å². The molecule has 182 valence electrons. The zero-order chi connectivity index (χ0) is 24.6. The molecular formula is C28H30N2O5. The molecule has 0 fully saturated rings. The quantitative estimate of drug-likeness (QED) is 0.460. The van der Waals surface area contributed by atoms with Crippen LogP contribution in [0.15, 0.2) is 66.7 Å². The number of rotatable bonds is 9. The van der Waals surface area contributed by atoms with E-state index in [0.29, 0.717) is 29.4 Å². The van der Waals surface area contributed by atoms with Crippen LogP contribution in [0.2, 0.25) is 0 Å². The summed E-state index contributed by atoms with van der Waals surface area (Å²) in [6.07, 6.45) is 2.98. The number of fused-ring (bicyclic) bond motifs is 1. The maximum atomic E-state index is 13.0. The molecule has 2 N–H and O–H groups in total. The van der Waals surface area contributed by atoms with Gasteiger partial charge in [-0.05, 0) is 79.8 Å². The van der Waals surface area contributed by atoms with E-state index in [1.807, 2.05) is 19.1 Å². The van der Waals surface area contributed by atoms with Gasteiger partial charge >= 0.3 is 0 Å². The van der Waals surface area contributed by atoms with Crippen molar-refractivity contribution >= 4 is 17.5 Å². The largest absolute Gasteiger partial charge is 0.494 e. The molecule has 3 aromatic carbocycles. The van der Waals surface area contributed by atoms with Crippen molar-refractivity contribution in [3.05, 3.63) is 83.4 Å². The van der Waals surface area contributed by atoms with Crippen LogP contribution in [0.4, 0.5) is 5.69 Å². The van der Waals surface area contributed by atoms with Crippen LogP contribution in [0.1, 0.15) is 47.3 Å². The van der Waals surface area contributed by atoms with E-state index in [1.165, 1.54) is 18.2 Å². The molecule has 1 aliphatic carbocycles. The van der Waals surface area contributed by atoms with Gasteiger partial charge in [-0.1, -0.05) is 24.3 Å². The van der Waals surface area contributed by atoms with Crippen LogP contribution >= 0.6 is 0 Å². The van der Waals surface area contributed by atoms with E-state index in [4.69, 9.17) is 14.2 Å². The van der Waals surface area contributed by atoms with E-state index in [0.717, 1.165) is 25.0 Å². The van der Waals surface area contributed by atoms with Gasteiger partial charge in [0.2, 0.25) is 0 Å². The Labute approximate surface area is 205 Å². The van der Waals surface area contributed by atoms with Gasteiger partial charge in [0.1, 0.15) is 5.75 Å². The Balaban J connectivity index is 1.35. The highest BCUT2D eigenvalue weighted by molar-refractivity contribution is 5.95. The van der Waals surface area contributed by atoms with Crippen LogP contribution < -0.4 is 24.8 Å². The maximum Gasteiger partial charge on any atom is 0.262 e. The first kappa shape index (κ1) is 24.1. The minimum absolute atomic E-state index is 0.0133. The third-order valence-corrected chi connectivity index (χ3v) is 5.91. The van der Waals surface area contributed by atoms with Crippen molar-refractivity contribution in [1.82, 2.24) is 5.32 Å². The van der Waals surface area contributed by atoms with Crippen LogP contribution in [-0.4, -0.2) is 32.1 Å². The number of hydrogen-bond acceptors (Lipinski definition) is 5. The van der Waals surface area contributed by atoms with E-state index in [1.54, 1.807) is 42.5 Å². The van der Waals surface area contributed by atoms with Gasteiger partial charge in [0.15, 0.2) is 18.1 Å². The smallest absolute Gasteiger partial charge is 0.262 e. The first-order valence-electron chi connectivity index (χ1n) is 11.8. The SMILES string of the molecule is CCOc1ccc(NC(=O)COc2ccc(C(=O)N[C@H]3CCCc4ccccc43)cc2OC)cc1. The lowest BCUT2D eigenvalue weighted by Gasteiger charge is -2.26. The van der Waals surface area contributed by atoms with Crippen molar-refractivity contribution in [2.24, 2.45) is 0 Å². The number of aryl methyl sites for hydroxylation is 1. The second kappa shape index (κ2) is 11.4. The van der Waals surface area contributed by atoms with Gasteiger partial charge in [0, 0.05) is 11.3 Å². The van der Waals surface area contributed by atoms with Crippen molar-refractivity contribution in [1.29, 1.82) is 0 Å². The highest BCUT2D eigenvalue weighted by atomic mass is 16.5. The first-order valence-corrected chi connectivity index (χ1v) is 11.8. The molecule has 7 heteroatoms. The van der Waals surface area contributed by atoms with Crippen LogP contribution in [0.5, 0.6) is 17.2 Å². The summed E-state index contributed by atoms with van der Waals surface area (Å²) in [5, 5.41) is 5.92. The molecule has 35 heavy (non-hydrogen) atoms. The van der Waals surface area contributed by atoms with Gasteiger partial charge in [-0.25, -0.2) is 0 Å². The van der Waals surface area contributed by atoms with Gasteiger partial charge in [0.05, 0.1) is 19.8 Å². The second-order valence-electron chi connectivity index (χ2n) is 8.28. The average Bonchev–Trinajstić information content (AvgIpc) is 2.89. The summed E-state index contributed by atoms with van der Waals surface area (Å²) in [5.74, 6) is 1.02. The first-order chi connectivity index (χ1) is 17.1. The van der Waals surface area contributed by atoms with E-state index in [2.05, 4.69) is 22.8 Å². The molecule has 0 saturated carbocycles. The predicted molar refractivity (Wildman–Crippen MR) is 134 cm³/mol. The van der Waals surface area contributed by atoms with E-state index in [9.17, 15) is 9.59 Å². The van der Waals surface area contributed by atoms with Crippen molar-refractivity contribution < 1.29 is 23.8 Å². The number of carbonyl (C=O) groups is 2. The minimum Gasteiger partial charge on any atom is -0.494 e. The maximum absolute atomic E-state index is 13.0. The molecule has 3 aromatic rings. The summed E-state index contributed by atoms with van der Waals surface area (Å²) in [6, 6.07) is 20.3. The Hall–Kier alpha value is -4.00. The minimum atomic E-state index is -0.311. The Kier molecular flexibility index (Phi) is 7.88. The number of methoxy groups -OCH3 is 1. The lowest BCUT2D eigenvalue weighted by Crippen LogP contribution is -2.31. The molecule has 0 bridgehead atoms. The third kappa shape index (κ3) is 6.12. The molecular weight excluding hydrogens is 444 g/mol. The zero-order valence-corrected chi connectivity index (χ0v) is 20.0. The number of carbonyl (C=O) groups excluding carboxylic acids is 2. The number of nitrogens with one attached hydrogen (secondary N) is 2. The molecule has 0 saturated heterocycles. The monoisotopic (exact) mass is 474 g/mol. The topological polar surface area (TPSA) is 85.9 Å². The van der Waals surface area contributed by atoms with Crippen molar-refractivity contribution in [2.75, 3.05) is 25.6 Å². The number of amides is 2. The number of ether oxygens (including phenoxy) is 3. The molecule has 1 atom stereocenters. The standard InChI is InChI=1S/C28H30N2O5/c1-3-34-22-14-12-21(13-15-22)29-27(31)18-35-25-16-11-20(17-26(25)33-2)28(32)30-24-10-6-8-19-7-4-5-9-23(19)24/h4-5,7,9,11-17,24H,3,6,8,10,18H2,1-2H3,(H,29,31)(H,30,32)/t24-/m0/s1. The lowest BCUT2D eigenvalue weighted by atomic mass is 9.87. The summed E-state index contributed by atoms with van der Waals surface area (Å²) >= 11 is 0. The van der Waals surface area contributed by atoms with Crippen molar-refractivity contribution in [3.63, 3.8) is 0 Å². The van der Waals surface area contributed by atoms with Crippen molar-refractivity contribution in [3.8, 4) is 17.2 Å². The Bertz CT molecular complexity index is 1180.